The van der Waals surface area contributed by atoms with E-state index < -0.39 is 35.8 Å². The molecular weight excluding hydrogens is 872 g/mol. The fourth-order valence-corrected chi connectivity index (χ4v) is 9.51. The molecule has 3 aliphatic rings. The van der Waals surface area contributed by atoms with E-state index >= 15 is 0 Å². The lowest BCUT2D eigenvalue weighted by Gasteiger charge is -2.38. The SMILES string of the molecule is COc1ccc2c(c1)c(CC(=O)CCCCCNC(=O)CCC(=O)O[C@@H]1c3cc4c(cc3[C@H](c3cc(OC)c(OC)c(OC)c3)[C@@H]3C(=O)OCC13)OCO4)c(C)n2C(=O)c1ccc(Cl)cc1. The van der Waals surface area contributed by atoms with Crippen LogP contribution in [0.15, 0.2) is 66.7 Å². The number of methoxy groups -OCH3 is 4. The van der Waals surface area contributed by atoms with Crippen LogP contribution in [0.5, 0.6) is 34.5 Å². The molecule has 1 aliphatic carbocycles. The van der Waals surface area contributed by atoms with E-state index in [2.05, 4.69) is 5.32 Å². The number of Topliss-reactive ketones (excluding diaryl/α,β-unsaturated/α-hetero) is 1. The first kappa shape index (κ1) is 45.8. The number of hydrogen-bond acceptors (Lipinski definition) is 13. The van der Waals surface area contributed by atoms with Crippen molar-refractivity contribution in [1.82, 2.24) is 9.88 Å². The molecule has 16 heteroatoms. The first-order valence-corrected chi connectivity index (χ1v) is 22.2. The zero-order chi connectivity index (χ0) is 46.6. The summed E-state index contributed by atoms with van der Waals surface area (Å²) in [4.78, 5) is 66.9. The molecule has 1 unspecified atom stereocenters. The van der Waals surface area contributed by atoms with Gasteiger partial charge in [-0.15, -0.1) is 0 Å². The number of carbonyl (C=O) groups excluding carboxylic acids is 5. The minimum atomic E-state index is -0.871. The standard InChI is InChI=1S/C50H51ClN2O13/c1-27-33(34-22-32(59-2)14-15-38(34)53(27)49(57)28-10-12-30(51)13-11-28)21-31(54)9-7-6-8-18-52-43(55)16-17-44(56)66-47-36-24-40-39(64-26-65-40)23-35(36)45(46-37(47)25-63-50(46)58)29-19-41(60-3)48(62-5)42(20-29)61-4/h10-15,19-20,22-24,37,45-47H,6-9,16-18,21,25-26H2,1-5H3,(H,52,55)/t37?,45-,46+,47+/m0/s1. The molecule has 4 aromatic carbocycles. The van der Waals surface area contributed by atoms with Crippen molar-refractivity contribution >= 4 is 52.0 Å². The second-order valence-corrected chi connectivity index (χ2v) is 16.9. The highest BCUT2D eigenvalue weighted by molar-refractivity contribution is 6.30. The molecule has 4 atom stereocenters. The Balaban J connectivity index is 0.852. The second-order valence-electron chi connectivity index (χ2n) is 16.5. The van der Waals surface area contributed by atoms with Crippen LogP contribution in [-0.4, -0.2) is 82.5 Å². The van der Waals surface area contributed by atoms with E-state index in [9.17, 15) is 24.0 Å². The molecule has 1 aromatic heterocycles. The molecule has 8 rings (SSSR count). The Morgan fingerprint density at radius 2 is 1.50 bits per heavy atom. The van der Waals surface area contributed by atoms with Gasteiger partial charge in [0.2, 0.25) is 18.4 Å². The van der Waals surface area contributed by atoms with Crippen LogP contribution in [0.2, 0.25) is 5.02 Å². The number of fused-ring (bicyclic) bond motifs is 4. The van der Waals surface area contributed by atoms with Crippen molar-refractivity contribution in [1.29, 1.82) is 0 Å². The molecule has 66 heavy (non-hydrogen) atoms. The number of halogens is 1. The molecule has 1 N–H and O–H groups in total. The highest BCUT2D eigenvalue weighted by Gasteiger charge is 2.54. The van der Waals surface area contributed by atoms with Gasteiger partial charge in [-0.25, -0.2) is 0 Å². The summed E-state index contributed by atoms with van der Waals surface area (Å²) >= 11 is 6.06. The third-order valence-electron chi connectivity index (χ3n) is 12.6. The number of amides is 1. The normalized spacial score (nSPS) is 17.9. The van der Waals surface area contributed by atoms with Gasteiger partial charge in [0.05, 0.1) is 52.9 Å². The highest BCUT2D eigenvalue weighted by Crippen LogP contribution is 2.56. The molecule has 0 saturated carbocycles. The molecule has 1 saturated heterocycles. The fraction of sp³-hybridized carbons (Fsp3) is 0.380. The van der Waals surface area contributed by atoms with Crippen LogP contribution in [0, 0.1) is 18.8 Å². The number of rotatable bonds is 18. The van der Waals surface area contributed by atoms with Crippen LogP contribution in [-0.2, 0) is 35.1 Å². The number of ketones is 1. The topological polar surface area (TPSA) is 176 Å². The van der Waals surface area contributed by atoms with Gasteiger partial charge in [-0.2, -0.15) is 0 Å². The molecule has 1 amide bonds. The van der Waals surface area contributed by atoms with E-state index in [1.54, 1.807) is 60.2 Å². The van der Waals surface area contributed by atoms with Crippen molar-refractivity contribution < 1.29 is 61.9 Å². The summed E-state index contributed by atoms with van der Waals surface area (Å²) in [5.41, 5.74) is 4.64. The van der Waals surface area contributed by atoms with Crippen molar-refractivity contribution in [2.75, 3.05) is 48.4 Å². The van der Waals surface area contributed by atoms with E-state index in [0.717, 1.165) is 10.9 Å². The Kier molecular flexibility index (Phi) is 13.7. The van der Waals surface area contributed by atoms with E-state index in [4.69, 9.17) is 49.5 Å². The zero-order valence-corrected chi connectivity index (χ0v) is 38.1. The van der Waals surface area contributed by atoms with Gasteiger partial charge < -0.3 is 43.2 Å². The number of nitrogens with zero attached hydrogens (tertiary/aromatic N) is 1. The largest absolute Gasteiger partial charge is 0.497 e. The predicted molar refractivity (Wildman–Crippen MR) is 241 cm³/mol. The van der Waals surface area contributed by atoms with Crippen LogP contribution < -0.4 is 33.7 Å². The highest BCUT2D eigenvalue weighted by atomic mass is 35.5. The Morgan fingerprint density at radius 3 is 2.18 bits per heavy atom. The Morgan fingerprint density at radius 1 is 0.788 bits per heavy atom. The molecule has 346 valence electrons. The third-order valence-corrected chi connectivity index (χ3v) is 12.9. The number of carbonyl (C=O) groups is 5. The van der Waals surface area contributed by atoms with Gasteiger partial charge in [-0.3, -0.25) is 28.5 Å². The van der Waals surface area contributed by atoms with Crippen molar-refractivity contribution in [3.8, 4) is 34.5 Å². The maximum atomic E-state index is 13.7. The molecule has 0 spiro atoms. The van der Waals surface area contributed by atoms with Gasteiger partial charge >= 0.3 is 11.9 Å². The first-order chi connectivity index (χ1) is 31.9. The van der Waals surface area contributed by atoms with Gasteiger partial charge in [0.1, 0.15) is 17.6 Å². The van der Waals surface area contributed by atoms with Gasteiger partial charge in [0, 0.05) is 64.9 Å². The van der Waals surface area contributed by atoms with Crippen molar-refractivity contribution in [2.24, 2.45) is 11.8 Å². The average molecular weight is 923 g/mol. The van der Waals surface area contributed by atoms with Crippen LogP contribution in [0.1, 0.15) is 88.9 Å². The molecule has 15 nitrogen and oxygen atoms in total. The maximum Gasteiger partial charge on any atom is 0.310 e. The summed E-state index contributed by atoms with van der Waals surface area (Å²) in [6.07, 6.45) is 1.26. The molecule has 0 radical (unpaired) electrons. The predicted octanol–water partition coefficient (Wildman–Crippen LogP) is 7.84. The molecular formula is C50H51ClN2O13. The first-order valence-electron chi connectivity index (χ1n) is 21.8. The monoisotopic (exact) mass is 922 g/mol. The number of esters is 2. The smallest absolute Gasteiger partial charge is 0.310 e. The number of hydrogen-bond donors (Lipinski definition) is 1. The van der Waals surface area contributed by atoms with Gasteiger partial charge in [0.25, 0.3) is 5.91 Å². The van der Waals surface area contributed by atoms with Crippen LogP contribution in [0.25, 0.3) is 10.9 Å². The number of aromatic nitrogens is 1. The van der Waals surface area contributed by atoms with Crippen molar-refractivity contribution in [3.05, 3.63) is 105 Å². The van der Waals surface area contributed by atoms with Gasteiger partial charge in [0.15, 0.2) is 23.0 Å². The van der Waals surface area contributed by atoms with E-state index in [1.165, 1.54) is 21.3 Å². The lowest BCUT2D eigenvalue weighted by atomic mass is 9.66. The lowest BCUT2D eigenvalue weighted by Crippen LogP contribution is -2.36. The van der Waals surface area contributed by atoms with Gasteiger partial charge in [-0.1, -0.05) is 18.0 Å². The number of cyclic esters (lactones) is 1. The minimum absolute atomic E-state index is 0.0135. The molecule has 5 aromatic rings. The van der Waals surface area contributed by atoms with Gasteiger partial charge in [-0.05, 0) is 103 Å². The molecule has 1 fully saturated rings. The second kappa shape index (κ2) is 19.8. The van der Waals surface area contributed by atoms with E-state index in [0.29, 0.717) is 105 Å². The average Bonchev–Trinajstić information content (AvgIpc) is 4.02. The maximum absolute atomic E-state index is 13.7. The molecule has 0 bridgehead atoms. The summed E-state index contributed by atoms with van der Waals surface area (Å²) in [6.45, 7) is 2.25. The number of benzene rings is 4. The fourth-order valence-electron chi connectivity index (χ4n) is 9.38. The van der Waals surface area contributed by atoms with Crippen LogP contribution >= 0.6 is 11.6 Å². The molecule has 3 heterocycles. The van der Waals surface area contributed by atoms with Crippen LogP contribution in [0.3, 0.4) is 0 Å². The summed E-state index contributed by atoms with van der Waals surface area (Å²) in [5, 5.41) is 4.17. The van der Waals surface area contributed by atoms with Crippen molar-refractivity contribution in [2.45, 2.75) is 63.9 Å². The Bertz CT molecular complexity index is 2670. The summed E-state index contributed by atoms with van der Waals surface area (Å²) in [6, 6.07) is 19.3. The number of nitrogens with one attached hydrogen (secondary N) is 1. The van der Waals surface area contributed by atoms with Crippen LogP contribution in [0.4, 0.5) is 0 Å². The molecule has 2 aliphatic heterocycles. The third kappa shape index (κ3) is 9.08. The zero-order valence-electron chi connectivity index (χ0n) is 37.4. The minimum Gasteiger partial charge on any atom is -0.497 e. The van der Waals surface area contributed by atoms with Crippen molar-refractivity contribution in [3.63, 3.8) is 0 Å². The Labute approximate surface area is 386 Å². The quantitative estimate of drug-likeness (QED) is 0.0665. The summed E-state index contributed by atoms with van der Waals surface area (Å²) in [5.74, 6) is -0.562. The van der Waals surface area contributed by atoms with E-state index in [1.807, 2.05) is 25.1 Å². The Hall–Kier alpha value is -6.74. The lowest BCUT2D eigenvalue weighted by molar-refractivity contribution is -0.155. The number of unbranched alkanes of at least 4 members (excludes halogenated alkanes) is 2. The summed E-state index contributed by atoms with van der Waals surface area (Å²) in [7, 11) is 6.11. The summed E-state index contributed by atoms with van der Waals surface area (Å²) < 4.78 is 47.1. The van der Waals surface area contributed by atoms with E-state index in [-0.39, 0.29) is 50.3 Å². The number of ether oxygens (including phenoxy) is 8.